The molecule has 0 saturated heterocycles. The number of carbonyl (C=O) groups excluding carboxylic acids is 1. The van der Waals surface area contributed by atoms with Gasteiger partial charge in [0.15, 0.2) is 0 Å². The van der Waals surface area contributed by atoms with Gasteiger partial charge in [-0.05, 0) is 37.1 Å². The Labute approximate surface area is 121 Å². The van der Waals surface area contributed by atoms with Gasteiger partial charge in [-0.2, -0.15) is 5.26 Å². The molecule has 102 valence electrons. The van der Waals surface area contributed by atoms with Crippen LogP contribution in [0.15, 0.2) is 28.9 Å². The van der Waals surface area contributed by atoms with E-state index in [9.17, 15) is 10.1 Å². The van der Waals surface area contributed by atoms with E-state index in [0.717, 1.165) is 16.9 Å². The van der Waals surface area contributed by atoms with E-state index in [0.29, 0.717) is 16.3 Å². The first-order valence-electron chi connectivity index (χ1n) is 6.20. The average Bonchev–Trinajstić information content (AvgIpc) is 3.03. The van der Waals surface area contributed by atoms with E-state index in [1.54, 1.807) is 24.5 Å². The summed E-state index contributed by atoms with van der Waals surface area (Å²) in [5.74, 6) is 0.332. The Morgan fingerprint density at radius 1 is 1.60 bits per heavy atom. The van der Waals surface area contributed by atoms with Crippen LogP contribution in [0, 0.1) is 18.3 Å². The number of rotatable bonds is 4. The zero-order valence-corrected chi connectivity index (χ0v) is 12.1. The number of aryl methyl sites for hydroxylation is 1. The summed E-state index contributed by atoms with van der Waals surface area (Å²) in [5.41, 5.74) is 1.57. The zero-order chi connectivity index (χ0) is 14.5. The third-order valence-electron chi connectivity index (χ3n) is 2.85. The van der Waals surface area contributed by atoms with Crippen LogP contribution in [0.1, 0.15) is 28.7 Å². The fourth-order valence-corrected chi connectivity index (χ4v) is 3.01. The topological polar surface area (TPSA) is 66.0 Å². The van der Waals surface area contributed by atoms with E-state index in [-0.39, 0.29) is 5.91 Å². The predicted molar refractivity (Wildman–Crippen MR) is 79.5 cm³/mol. The molecular weight excluding hydrogens is 272 g/mol. The molecule has 0 aromatic carbocycles. The van der Waals surface area contributed by atoms with Crippen LogP contribution in [-0.2, 0) is 11.2 Å². The molecule has 2 aromatic heterocycles. The highest BCUT2D eigenvalue weighted by Gasteiger charge is 2.15. The first kappa shape index (κ1) is 14.1. The standard InChI is InChI=1S/C15H14N2O2S/c1-3-12-10(2)20-15(13(12)9-16)17-14(18)7-6-11-5-4-8-19-11/h4-8H,3H2,1-2H3,(H,17,18). The molecule has 1 amide bonds. The molecule has 2 rings (SSSR count). The fourth-order valence-electron chi connectivity index (χ4n) is 1.91. The van der Waals surface area contributed by atoms with E-state index in [1.165, 1.54) is 17.4 Å². The van der Waals surface area contributed by atoms with Gasteiger partial charge in [-0.25, -0.2) is 0 Å². The molecule has 0 bridgehead atoms. The lowest BCUT2D eigenvalue weighted by molar-refractivity contribution is -0.111. The SMILES string of the molecule is CCc1c(C)sc(NC(=O)C=Cc2ccco2)c1C#N. The maximum Gasteiger partial charge on any atom is 0.249 e. The number of thiophene rings is 1. The Balaban J connectivity index is 2.14. The third kappa shape index (κ3) is 2.98. The van der Waals surface area contributed by atoms with Crippen LogP contribution in [0.3, 0.4) is 0 Å². The first-order chi connectivity index (χ1) is 9.65. The van der Waals surface area contributed by atoms with Gasteiger partial charge in [-0.1, -0.05) is 6.92 Å². The number of nitrogens with zero attached hydrogens (tertiary/aromatic N) is 1. The summed E-state index contributed by atoms with van der Waals surface area (Å²) in [7, 11) is 0. The van der Waals surface area contributed by atoms with Crippen molar-refractivity contribution in [2.45, 2.75) is 20.3 Å². The second-order valence-corrected chi connectivity index (χ2v) is 5.37. The molecule has 0 aliphatic carbocycles. The van der Waals surface area contributed by atoms with Gasteiger partial charge in [0.05, 0.1) is 11.8 Å². The summed E-state index contributed by atoms with van der Waals surface area (Å²) in [6.45, 7) is 3.96. The fraction of sp³-hybridized carbons (Fsp3) is 0.200. The van der Waals surface area contributed by atoms with Crippen molar-refractivity contribution in [1.29, 1.82) is 5.26 Å². The largest absolute Gasteiger partial charge is 0.465 e. The van der Waals surface area contributed by atoms with Gasteiger partial charge in [-0.15, -0.1) is 11.3 Å². The highest BCUT2D eigenvalue weighted by Crippen LogP contribution is 2.32. The molecule has 0 saturated carbocycles. The van der Waals surface area contributed by atoms with Crippen molar-refractivity contribution in [1.82, 2.24) is 0 Å². The number of carbonyl (C=O) groups is 1. The lowest BCUT2D eigenvalue weighted by atomic mass is 10.1. The molecule has 0 aliphatic rings. The highest BCUT2D eigenvalue weighted by molar-refractivity contribution is 7.16. The van der Waals surface area contributed by atoms with Crippen LogP contribution >= 0.6 is 11.3 Å². The van der Waals surface area contributed by atoms with Crippen molar-refractivity contribution >= 4 is 28.3 Å². The summed E-state index contributed by atoms with van der Waals surface area (Å²) in [4.78, 5) is 12.9. The minimum atomic E-state index is -0.276. The maximum atomic E-state index is 11.8. The minimum Gasteiger partial charge on any atom is -0.465 e. The van der Waals surface area contributed by atoms with Crippen molar-refractivity contribution in [2.24, 2.45) is 0 Å². The Hall–Kier alpha value is -2.32. The Morgan fingerprint density at radius 3 is 3.00 bits per heavy atom. The molecule has 2 aromatic rings. The summed E-state index contributed by atoms with van der Waals surface area (Å²) >= 11 is 1.43. The van der Waals surface area contributed by atoms with E-state index < -0.39 is 0 Å². The molecule has 0 unspecified atom stereocenters. The summed E-state index contributed by atoms with van der Waals surface area (Å²) in [5, 5.41) is 12.6. The van der Waals surface area contributed by atoms with Crippen LogP contribution in [0.2, 0.25) is 0 Å². The first-order valence-corrected chi connectivity index (χ1v) is 7.02. The van der Waals surface area contributed by atoms with Crippen molar-refractivity contribution in [2.75, 3.05) is 5.32 Å². The van der Waals surface area contributed by atoms with Crippen molar-refractivity contribution in [3.8, 4) is 6.07 Å². The smallest absolute Gasteiger partial charge is 0.249 e. The lowest BCUT2D eigenvalue weighted by Gasteiger charge is -1.99. The predicted octanol–water partition coefficient (Wildman–Crippen LogP) is 3.74. The van der Waals surface area contributed by atoms with Gasteiger partial charge < -0.3 is 9.73 Å². The number of anilines is 1. The number of nitriles is 1. The summed E-state index contributed by atoms with van der Waals surface area (Å²) < 4.78 is 5.10. The second kappa shape index (κ2) is 6.22. The molecule has 0 atom stereocenters. The van der Waals surface area contributed by atoms with Crippen LogP contribution in [0.4, 0.5) is 5.00 Å². The van der Waals surface area contributed by atoms with E-state index in [4.69, 9.17) is 4.42 Å². The number of hydrogen-bond donors (Lipinski definition) is 1. The highest BCUT2D eigenvalue weighted by atomic mass is 32.1. The second-order valence-electron chi connectivity index (χ2n) is 4.14. The van der Waals surface area contributed by atoms with Crippen LogP contribution in [-0.4, -0.2) is 5.91 Å². The maximum absolute atomic E-state index is 11.8. The molecule has 5 heteroatoms. The van der Waals surface area contributed by atoms with E-state index in [2.05, 4.69) is 11.4 Å². The van der Waals surface area contributed by atoms with Gasteiger partial charge in [0.25, 0.3) is 0 Å². The van der Waals surface area contributed by atoms with Crippen LogP contribution < -0.4 is 5.32 Å². The quantitative estimate of drug-likeness (QED) is 0.871. The van der Waals surface area contributed by atoms with Crippen molar-refractivity contribution < 1.29 is 9.21 Å². The molecular formula is C15H14N2O2S. The Morgan fingerprint density at radius 2 is 2.40 bits per heavy atom. The Kier molecular flexibility index (Phi) is 4.38. The van der Waals surface area contributed by atoms with Gasteiger partial charge in [0.2, 0.25) is 5.91 Å². The average molecular weight is 286 g/mol. The van der Waals surface area contributed by atoms with Gasteiger partial charge in [0, 0.05) is 11.0 Å². The monoisotopic (exact) mass is 286 g/mol. The number of hydrogen-bond acceptors (Lipinski definition) is 4. The molecule has 0 aliphatic heterocycles. The molecule has 20 heavy (non-hydrogen) atoms. The lowest BCUT2D eigenvalue weighted by Crippen LogP contribution is -2.07. The summed E-state index contributed by atoms with van der Waals surface area (Å²) in [6.07, 6.45) is 5.30. The molecule has 2 heterocycles. The molecule has 0 fully saturated rings. The molecule has 1 N–H and O–H groups in total. The van der Waals surface area contributed by atoms with Crippen molar-refractivity contribution in [3.05, 3.63) is 46.2 Å². The Bertz CT molecular complexity index is 676. The van der Waals surface area contributed by atoms with Gasteiger partial charge in [0.1, 0.15) is 16.8 Å². The van der Waals surface area contributed by atoms with Crippen molar-refractivity contribution in [3.63, 3.8) is 0 Å². The van der Waals surface area contributed by atoms with Crippen LogP contribution in [0.25, 0.3) is 6.08 Å². The van der Waals surface area contributed by atoms with Gasteiger partial charge in [-0.3, -0.25) is 4.79 Å². The normalized spacial score (nSPS) is 10.7. The number of nitrogens with one attached hydrogen (secondary N) is 1. The van der Waals surface area contributed by atoms with E-state index in [1.807, 2.05) is 13.8 Å². The number of amides is 1. The summed E-state index contributed by atoms with van der Waals surface area (Å²) in [6, 6.07) is 5.67. The van der Waals surface area contributed by atoms with Gasteiger partial charge >= 0.3 is 0 Å². The third-order valence-corrected chi connectivity index (χ3v) is 3.92. The minimum absolute atomic E-state index is 0.276. The number of furan rings is 1. The van der Waals surface area contributed by atoms with E-state index >= 15 is 0 Å². The molecule has 4 nitrogen and oxygen atoms in total. The van der Waals surface area contributed by atoms with Crippen LogP contribution in [0.5, 0.6) is 0 Å². The molecule has 0 radical (unpaired) electrons. The molecule has 0 spiro atoms. The zero-order valence-electron chi connectivity index (χ0n) is 11.3.